The Hall–Kier alpha value is -2.07. The van der Waals surface area contributed by atoms with Crippen molar-refractivity contribution in [1.82, 2.24) is 4.90 Å². The molecule has 0 atom stereocenters. The molecule has 4 nitrogen and oxygen atoms in total. The second kappa shape index (κ2) is 6.59. The first-order chi connectivity index (χ1) is 10.4. The lowest BCUT2D eigenvalue weighted by Gasteiger charge is -2.31. The molecule has 0 amide bonds. The lowest BCUT2D eigenvalue weighted by atomic mass is 10.1. The van der Waals surface area contributed by atoms with Gasteiger partial charge in [-0.3, -0.25) is 0 Å². The van der Waals surface area contributed by atoms with E-state index in [9.17, 15) is 0 Å². The van der Waals surface area contributed by atoms with Crippen molar-refractivity contribution < 1.29 is 4.74 Å². The van der Waals surface area contributed by atoms with Crippen molar-refractivity contribution >= 4 is 12.3 Å². The van der Waals surface area contributed by atoms with Crippen LogP contribution in [-0.2, 0) is 4.74 Å². The summed E-state index contributed by atoms with van der Waals surface area (Å²) in [7, 11) is 0. The number of hydrogen-bond acceptors (Lipinski definition) is 4. The van der Waals surface area contributed by atoms with E-state index in [1.54, 1.807) is 6.21 Å². The Bertz CT molecular complexity index is 569. The second-order valence-corrected chi connectivity index (χ2v) is 5.33. The normalized spacial score (nSPS) is 21.7. The predicted molar refractivity (Wildman–Crippen MR) is 85.8 cm³/mol. The molecule has 0 spiro atoms. The van der Waals surface area contributed by atoms with Crippen LogP contribution in [0.2, 0.25) is 0 Å². The molecule has 0 radical (unpaired) electrons. The average molecular weight is 283 g/mol. The van der Waals surface area contributed by atoms with Gasteiger partial charge in [0.25, 0.3) is 0 Å². The van der Waals surface area contributed by atoms with Crippen LogP contribution in [0.1, 0.15) is 18.4 Å². The Morgan fingerprint density at radius 2 is 1.86 bits per heavy atom. The van der Waals surface area contributed by atoms with Crippen molar-refractivity contribution in [2.24, 2.45) is 10.9 Å². The summed E-state index contributed by atoms with van der Waals surface area (Å²) < 4.78 is 5.47. The van der Waals surface area contributed by atoms with E-state index < -0.39 is 0 Å². The third-order valence-corrected chi connectivity index (χ3v) is 3.97. The van der Waals surface area contributed by atoms with Gasteiger partial charge in [-0.15, -0.1) is 0 Å². The Labute approximate surface area is 125 Å². The molecule has 1 heterocycles. The molecular formula is C17H21N3O. The highest BCUT2D eigenvalue weighted by molar-refractivity contribution is 5.83. The van der Waals surface area contributed by atoms with Gasteiger partial charge < -0.3 is 15.5 Å². The van der Waals surface area contributed by atoms with Crippen molar-refractivity contribution in [1.29, 1.82) is 0 Å². The molecule has 1 aliphatic heterocycles. The monoisotopic (exact) mass is 283 g/mol. The zero-order valence-electron chi connectivity index (χ0n) is 12.2. The first-order valence-corrected chi connectivity index (χ1v) is 7.43. The van der Waals surface area contributed by atoms with Crippen LogP contribution in [0.25, 0.3) is 6.08 Å². The third kappa shape index (κ3) is 3.16. The van der Waals surface area contributed by atoms with Crippen LogP contribution in [0.15, 0.2) is 52.3 Å². The van der Waals surface area contributed by atoms with Gasteiger partial charge in [-0.25, -0.2) is 0 Å². The molecule has 4 heteroatoms. The maximum atomic E-state index is 5.47. The Morgan fingerprint density at radius 1 is 1.10 bits per heavy atom. The van der Waals surface area contributed by atoms with Crippen molar-refractivity contribution in [2.75, 3.05) is 26.3 Å². The number of hydrazone groups is 1. The van der Waals surface area contributed by atoms with Crippen LogP contribution in [0, 0.1) is 0 Å². The SMILES string of the molecule is N/N=C/C1=C(N2CCOCC2)C(=C\c2ccccc2)/CC1. The van der Waals surface area contributed by atoms with E-state index in [0.717, 1.165) is 39.1 Å². The first kappa shape index (κ1) is 13.9. The van der Waals surface area contributed by atoms with Crippen LogP contribution in [0.5, 0.6) is 0 Å². The van der Waals surface area contributed by atoms with Crippen LogP contribution in [-0.4, -0.2) is 37.4 Å². The maximum absolute atomic E-state index is 5.47. The van der Waals surface area contributed by atoms with Crippen molar-refractivity contribution in [2.45, 2.75) is 12.8 Å². The molecule has 2 N–H and O–H groups in total. The van der Waals surface area contributed by atoms with E-state index in [4.69, 9.17) is 10.6 Å². The lowest BCUT2D eigenvalue weighted by Crippen LogP contribution is -2.36. The fraction of sp³-hybridized carbons (Fsp3) is 0.353. The predicted octanol–water partition coefficient (Wildman–Crippen LogP) is 2.39. The Balaban J connectivity index is 1.94. The van der Waals surface area contributed by atoms with E-state index in [1.807, 2.05) is 6.07 Å². The molecule has 0 unspecified atom stereocenters. The zero-order valence-corrected chi connectivity index (χ0v) is 12.2. The van der Waals surface area contributed by atoms with Gasteiger partial charge in [0, 0.05) is 18.8 Å². The summed E-state index contributed by atoms with van der Waals surface area (Å²) in [5, 5.41) is 3.74. The minimum atomic E-state index is 0.787. The van der Waals surface area contributed by atoms with Gasteiger partial charge in [0.15, 0.2) is 0 Å². The summed E-state index contributed by atoms with van der Waals surface area (Å²) >= 11 is 0. The standard InChI is InChI=1S/C17H21N3O/c18-19-13-16-7-6-15(12-14-4-2-1-3-5-14)17(16)20-8-10-21-11-9-20/h1-5,12-13H,6-11,18H2/b15-12-,19-13+. The summed E-state index contributed by atoms with van der Waals surface area (Å²) in [6.07, 6.45) is 6.13. The number of ether oxygens (including phenoxy) is 1. The third-order valence-electron chi connectivity index (χ3n) is 3.97. The summed E-state index contributed by atoms with van der Waals surface area (Å²) in [5.41, 5.74) is 5.15. The topological polar surface area (TPSA) is 50.8 Å². The van der Waals surface area contributed by atoms with Gasteiger partial charge in [-0.2, -0.15) is 5.10 Å². The van der Waals surface area contributed by atoms with Gasteiger partial charge in [-0.1, -0.05) is 30.3 Å². The summed E-state index contributed by atoms with van der Waals surface area (Å²) in [4.78, 5) is 2.41. The molecule has 110 valence electrons. The number of hydrogen-bond donors (Lipinski definition) is 1. The summed E-state index contributed by atoms with van der Waals surface area (Å²) in [6, 6.07) is 10.5. The molecule has 3 rings (SSSR count). The van der Waals surface area contributed by atoms with Crippen LogP contribution in [0.4, 0.5) is 0 Å². The highest BCUT2D eigenvalue weighted by Gasteiger charge is 2.25. The quantitative estimate of drug-likeness (QED) is 0.526. The fourth-order valence-corrected chi connectivity index (χ4v) is 3.01. The summed E-state index contributed by atoms with van der Waals surface area (Å²) in [5.74, 6) is 5.37. The van der Waals surface area contributed by atoms with E-state index in [0.29, 0.717) is 0 Å². The lowest BCUT2D eigenvalue weighted by molar-refractivity contribution is 0.0548. The molecule has 1 saturated heterocycles. The minimum Gasteiger partial charge on any atom is -0.378 e. The van der Waals surface area contributed by atoms with Crippen LogP contribution in [0.3, 0.4) is 0 Å². The number of nitrogens with two attached hydrogens (primary N) is 1. The summed E-state index contributed by atoms with van der Waals surface area (Å²) in [6.45, 7) is 3.44. The van der Waals surface area contributed by atoms with Gasteiger partial charge in [0.05, 0.1) is 19.4 Å². The number of allylic oxidation sites excluding steroid dienone is 2. The molecule has 2 aliphatic rings. The van der Waals surface area contributed by atoms with Crippen molar-refractivity contribution in [3.05, 3.63) is 52.7 Å². The second-order valence-electron chi connectivity index (χ2n) is 5.33. The number of morpholine rings is 1. The van der Waals surface area contributed by atoms with E-state index in [2.05, 4.69) is 40.3 Å². The van der Waals surface area contributed by atoms with Crippen molar-refractivity contribution in [3.8, 4) is 0 Å². The number of benzene rings is 1. The molecule has 1 fully saturated rings. The minimum absolute atomic E-state index is 0.787. The van der Waals surface area contributed by atoms with Gasteiger partial charge in [-0.05, 0) is 35.6 Å². The highest BCUT2D eigenvalue weighted by Crippen LogP contribution is 2.34. The molecule has 0 saturated carbocycles. The van der Waals surface area contributed by atoms with Crippen LogP contribution < -0.4 is 5.84 Å². The fourth-order valence-electron chi connectivity index (χ4n) is 3.01. The molecule has 0 aromatic heterocycles. The molecule has 21 heavy (non-hydrogen) atoms. The highest BCUT2D eigenvalue weighted by atomic mass is 16.5. The molecular weight excluding hydrogens is 262 g/mol. The number of rotatable bonds is 3. The largest absolute Gasteiger partial charge is 0.378 e. The van der Waals surface area contributed by atoms with E-state index in [1.165, 1.54) is 22.4 Å². The first-order valence-electron chi connectivity index (χ1n) is 7.43. The smallest absolute Gasteiger partial charge is 0.0642 e. The average Bonchev–Trinajstić information content (AvgIpc) is 2.92. The zero-order chi connectivity index (χ0) is 14.5. The van der Waals surface area contributed by atoms with E-state index >= 15 is 0 Å². The van der Waals surface area contributed by atoms with Gasteiger partial charge in [0.1, 0.15) is 0 Å². The molecule has 1 aliphatic carbocycles. The molecule has 1 aromatic rings. The Morgan fingerprint density at radius 3 is 2.57 bits per heavy atom. The van der Waals surface area contributed by atoms with Gasteiger partial charge >= 0.3 is 0 Å². The van der Waals surface area contributed by atoms with Gasteiger partial charge in [0.2, 0.25) is 0 Å². The van der Waals surface area contributed by atoms with Crippen LogP contribution >= 0.6 is 0 Å². The molecule has 0 bridgehead atoms. The molecule has 1 aromatic carbocycles. The Kier molecular flexibility index (Phi) is 4.36. The van der Waals surface area contributed by atoms with E-state index in [-0.39, 0.29) is 0 Å². The maximum Gasteiger partial charge on any atom is 0.0642 e. The number of nitrogens with zero attached hydrogens (tertiary/aromatic N) is 2. The van der Waals surface area contributed by atoms with Crippen molar-refractivity contribution in [3.63, 3.8) is 0 Å².